The molecule has 1 aliphatic heterocycles. The van der Waals surface area contributed by atoms with E-state index in [9.17, 15) is 9.59 Å². The third kappa shape index (κ3) is 3.88. The minimum absolute atomic E-state index is 0.0437. The fourth-order valence-electron chi connectivity index (χ4n) is 2.85. The highest BCUT2D eigenvalue weighted by atomic mass is 16.5. The van der Waals surface area contributed by atoms with Crippen molar-refractivity contribution < 1.29 is 14.3 Å². The van der Waals surface area contributed by atoms with Gasteiger partial charge in [-0.2, -0.15) is 5.10 Å². The van der Waals surface area contributed by atoms with Gasteiger partial charge in [-0.1, -0.05) is 29.8 Å². The predicted octanol–water partition coefficient (Wildman–Crippen LogP) is 1.32. The van der Waals surface area contributed by atoms with E-state index in [4.69, 9.17) is 4.74 Å². The minimum Gasteiger partial charge on any atom is -0.375 e. The molecule has 25 heavy (non-hydrogen) atoms. The van der Waals surface area contributed by atoms with Gasteiger partial charge in [-0.3, -0.25) is 14.7 Å². The normalized spacial score (nSPS) is 14.6. The first-order valence-electron chi connectivity index (χ1n) is 8.27. The molecule has 1 aromatic carbocycles. The van der Waals surface area contributed by atoms with Crippen molar-refractivity contribution in [2.45, 2.75) is 6.92 Å². The van der Waals surface area contributed by atoms with Gasteiger partial charge in [-0.15, -0.1) is 0 Å². The molecule has 1 N–H and O–H groups in total. The van der Waals surface area contributed by atoms with Crippen molar-refractivity contribution in [1.29, 1.82) is 0 Å². The minimum atomic E-state index is -0.0929. The standard InChI is InChI=1S/C18H22N4O3/c1-13-3-5-14(6-4-13)15-11-16(20-19-15)18(24)22-9-7-21(8-10-22)17(23)12-25-2/h3-6,11H,7-10,12H2,1-2H3,(H,19,20). The van der Waals surface area contributed by atoms with E-state index in [1.807, 2.05) is 31.2 Å². The van der Waals surface area contributed by atoms with Crippen molar-refractivity contribution in [2.75, 3.05) is 39.9 Å². The fourth-order valence-corrected chi connectivity index (χ4v) is 2.85. The number of H-pyrrole nitrogens is 1. The van der Waals surface area contributed by atoms with Gasteiger partial charge < -0.3 is 14.5 Å². The molecule has 1 aromatic heterocycles. The Morgan fingerprint density at radius 3 is 2.40 bits per heavy atom. The molecule has 0 bridgehead atoms. The summed E-state index contributed by atoms with van der Waals surface area (Å²) in [4.78, 5) is 27.9. The van der Waals surface area contributed by atoms with Crippen molar-refractivity contribution >= 4 is 11.8 Å². The van der Waals surface area contributed by atoms with Crippen LogP contribution in [0.3, 0.4) is 0 Å². The fraction of sp³-hybridized carbons (Fsp3) is 0.389. The predicted molar refractivity (Wildman–Crippen MR) is 93.1 cm³/mol. The van der Waals surface area contributed by atoms with Gasteiger partial charge in [0.05, 0.1) is 5.69 Å². The topological polar surface area (TPSA) is 78.5 Å². The van der Waals surface area contributed by atoms with Gasteiger partial charge in [0.25, 0.3) is 5.91 Å². The Bertz CT molecular complexity index is 746. The van der Waals surface area contributed by atoms with E-state index in [1.54, 1.807) is 15.9 Å². The number of aromatic nitrogens is 2. The van der Waals surface area contributed by atoms with Crippen LogP contribution in [0.25, 0.3) is 11.3 Å². The third-order valence-corrected chi connectivity index (χ3v) is 4.34. The molecule has 7 nitrogen and oxygen atoms in total. The van der Waals surface area contributed by atoms with E-state index in [0.717, 1.165) is 11.3 Å². The number of carbonyl (C=O) groups is 2. The second kappa shape index (κ2) is 7.48. The number of benzene rings is 1. The largest absolute Gasteiger partial charge is 0.375 e. The van der Waals surface area contributed by atoms with E-state index in [0.29, 0.717) is 31.9 Å². The van der Waals surface area contributed by atoms with Crippen molar-refractivity contribution in [2.24, 2.45) is 0 Å². The number of hydrogen-bond acceptors (Lipinski definition) is 4. The second-order valence-electron chi connectivity index (χ2n) is 6.14. The Balaban J connectivity index is 1.63. The first-order chi connectivity index (χ1) is 12.1. The maximum absolute atomic E-state index is 12.6. The zero-order valence-corrected chi connectivity index (χ0v) is 14.5. The molecule has 0 radical (unpaired) electrons. The van der Waals surface area contributed by atoms with Gasteiger partial charge in [0, 0.05) is 38.9 Å². The van der Waals surface area contributed by atoms with Crippen LogP contribution in [0.5, 0.6) is 0 Å². The first kappa shape index (κ1) is 17.2. The monoisotopic (exact) mass is 342 g/mol. The van der Waals surface area contributed by atoms with Gasteiger partial charge >= 0.3 is 0 Å². The molecule has 1 saturated heterocycles. The number of aryl methyl sites for hydroxylation is 1. The number of nitrogens with zero attached hydrogens (tertiary/aromatic N) is 3. The smallest absolute Gasteiger partial charge is 0.272 e. The lowest BCUT2D eigenvalue weighted by Gasteiger charge is -2.34. The molecular weight excluding hydrogens is 320 g/mol. The van der Waals surface area contributed by atoms with Gasteiger partial charge in [0.2, 0.25) is 5.91 Å². The number of amides is 2. The molecule has 0 saturated carbocycles. The zero-order chi connectivity index (χ0) is 17.8. The quantitative estimate of drug-likeness (QED) is 0.909. The van der Waals surface area contributed by atoms with Gasteiger partial charge in [0.1, 0.15) is 12.3 Å². The summed E-state index contributed by atoms with van der Waals surface area (Å²) in [6, 6.07) is 9.78. The SMILES string of the molecule is COCC(=O)N1CCN(C(=O)c2cc(-c3ccc(C)cc3)n[nH]2)CC1. The van der Waals surface area contributed by atoms with E-state index in [1.165, 1.54) is 12.7 Å². The van der Waals surface area contributed by atoms with E-state index >= 15 is 0 Å². The van der Waals surface area contributed by atoms with Gasteiger partial charge in [-0.25, -0.2) is 0 Å². The van der Waals surface area contributed by atoms with Crippen LogP contribution in [0.15, 0.2) is 30.3 Å². The molecule has 2 heterocycles. The van der Waals surface area contributed by atoms with Crippen molar-refractivity contribution in [3.8, 4) is 11.3 Å². The zero-order valence-electron chi connectivity index (χ0n) is 14.5. The lowest BCUT2D eigenvalue weighted by atomic mass is 10.1. The number of nitrogens with one attached hydrogen (secondary N) is 1. The maximum Gasteiger partial charge on any atom is 0.272 e. The molecule has 0 atom stereocenters. The summed E-state index contributed by atoms with van der Waals surface area (Å²) >= 11 is 0. The highest BCUT2D eigenvalue weighted by molar-refractivity contribution is 5.93. The number of hydrogen-bond donors (Lipinski definition) is 1. The van der Waals surface area contributed by atoms with Gasteiger partial charge in [0.15, 0.2) is 0 Å². The summed E-state index contributed by atoms with van der Waals surface area (Å²) in [5, 5.41) is 7.07. The van der Waals surface area contributed by atoms with Gasteiger partial charge in [-0.05, 0) is 13.0 Å². The van der Waals surface area contributed by atoms with Crippen LogP contribution in [-0.2, 0) is 9.53 Å². The summed E-state index contributed by atoms with van der Waals surface area (Å²) in [5.74, 6) is -0.137. The first-order valence-corrected chi connectivity index (χ1v) is 8.27. The van der Waals surface area contributed by atoms with Crippen molar-refractivity contribution in [3.63, 3.8) is 0 Å². The molecule has 0 unspecified atom stereocenters. The van der Waals surface area contributed by atoms with Crippen molar-refractivity contribution in [1.82, 2.24) is 20.0 Å². The maximum atomic E-state index is 12.6. The van der Waals surface area contributed by atoms with Crippen LogP contribution in [0.1, 0.15) is 16.1 Å². The number of rotatable bonds is 4. The number of ether oxygens (including phenoxy) is 1. The molecule has 0 aliphatic carbocycles. The Morgan fingerprint density at radius 2 is 1.76 bits per heavy atom. The molecule has 132 valence electrons. The van der Waals surface area contributed by atoms with E-state index in [2.05, 4.69) is 10.2 Å². The van der Waals surface area contributed by atoms with Crippen molar-refractivity contribution in [3.05, 3.63) is 41.6 Å². The van der Waals surface area contributed by atoms with Crippen LogP contribution in [0.4, 0.5) is 0 Å². The lowest BCUT2D eigenvalue weighted by Crippen LogP contribution is -2.51. The Morgan fingerprint density at radius 1 is 1.12 bits per heavy atom. The van der Waals surface area contributed by atoms with Crippen LogP contribution in [-0.4, -0.2) is 71.7 Å². The van der Waals surface area contributed by atoms with Crippen LogP contribution in [0.2, 0.25) is 0 Å². The molecule has 3 rings (SSSR count). The average Bonchev–Trinajstić information content (AvgIpc) is 3.12. The summed E-state index contributed by atoms with van der Waals surface area (Å²) in [6.45, 7) is 4.16. The number of aromatic amines is 1. The molecule has 1 aliphatic rings. The average molecular weight is 342 g/mol. The number of carbonyl (C=O) groups excluding carboxylic acids is 2. The molecule has 7 heteroatoms. The van der Waals surface area contributed by atoms with E-state index in [-0.39, 0.29) is 18.4 Å². The summed E-state index contributed by atoms with van der Waals surface area (Å²) in [7, 11) is 1.50. The Kier molecular flexibility index (Phi) is 5.14. The lowest BCUT2D eigenvalue weighted by molar-refractivity contribution is -0.136. The highest BCUT2D eigenvalue weighted by Crippen LogP contribution is 2.19. The molecule has 2 amide bonds. The third-order valence-electron chi connectivity index (χ3n) is 4.34. The molecule has 1 fully saturated rings. The Labute approximate surface area is 146 Å². The Hall–Kier alpha value is -2.67. The van der Waals surface area contributed by atoms with Crippen LogP contribution < -0.4 is 0 Å². The second-order valence-corrected chi connectivity index (χ2v) is 6.14. The molecular formula is C18H22N4O3. The molecule has 0 spiro atoms. The van der Waals surface area contributed by atoms with E-state index < -0.39 is 0 Å². The summed E-state index contributed by atoms with van der Waals surface area (Å²) < 4.78 is 4.87. The molecule has 2 aromatic rings. The van der Waals surface area contributed by atoms with Crippen LogP contribution >= 0.6 is 0 Å². The summed E-state index contributed by atoms with van der Waals surface area (Å²) in [6.07, 6.45) is 0. The van der Waals surface area contributed by atoms with Crippen LogP contribution in [0, 0.1) is 6.92 Å². The number of methoxy groups -OCH3 is 1. The summed E-state index contributed by atoms with van der Waals surface area (Å²) in [5.41, 5.74) is 3.36. The highest BCUT2D eigenvalue weighted by Gasteiger charge is 2.25. The number of piperazine rings is 1.